The first-order valence-corrected chi connectivity index (χ1v) is 10.5. The second-order valence-corrected chi connectivity index (χ2v) is 8.22. The molecule has 0 bridgehead atoms. The van der Waals surface area contributed by atoms with Gasteiger partial charge in [-0.15, -0.1) is 0 Å². The number of pyridine rings is 2. The Bertz CT molecular complexity index is 1420. The minimum absolute atomic E-state index is 0.0979. The van der Waals surface area contributed by atoms with Crippen molar-refractivity contribution in [2.45, 2.75) is 18.9 Å². The van der Waals surface area contributed by atoms with E-state index < -0.39 is 5.92 Å². The number of rotatable bonds is 5. The minimum atomic E-state index is -2.61. The summed E-state index contributed by atoms with van der Waals surface area (Å²) in [5, 5.41) is 7.43. The molecule has 5 aromatic rings. The van der Waals surface area contributed by atoms with Crippen LogP contribution >= 0.6 is 0 Å². The zero-order chi connectivity index (χ0) is 22.4. The van der Waals surface area contributed by atoms with E-state index in [1.165, 1.54) is 0 Å². The highest BCUT2D eigenvalue weighted by Crippen LogP contribution is 2.30. The molecule has 33 heavy (non-hydrogen) atoms. The molecule has 2 N–H and O–H groups in total. The number of aromatic nitrogens is 6. The monoisotopic (exact) mass is 447 g/mol. The van der Waals surface area contributed by atoms with Crippen LogP contribution in [0.25, 0.3) is 45.1 Å². The van der Waals surface area contributed by atoms with E-state index in [4.69, 9.17) is 9.40 Å². The Kier molecular flexibility index (Phi) is 4.54. The van der Waals surface area contributed by atoms with Crippen LogP contribution in [-0.2, 0) is 6.54 Å². The maximum Gasteiger partial charge on any atom is 0.261 e. The number of alkyl halides is 2. The molecule has 0 aliphatic carbocycles. The van der Waals surface area contributed by atoms with Crippen LogP contribution in [0.1, 0.15) is 12.0 Å². The van der Waals surface area contributed by atoms with Gasteiger partial charge >= 0.3 is 0 Å². The topological polar surface area (TPSA) is 99.5 Å². The minimum Gasteiger partial charge on any atom is -0.472 e. The predicted molar refractivity (Wildman–Crippen MR) is 117 cm³/mol. The molecule has 0 atom stereocenters. The fraction of sp³-hybridized carbons (Fsp3) is 0.217. The van der Waals surface area contributed by atoms with Crippen LogP contribution in [0.4, 0.5) is 8.78 Å². The number of nitrogens with zero attached hydrogens (tertiary/aromatic N) is 5. The van der Waals surface area contributed by atoms with Gasteiger partial charge in [-0.1, -0.05) is 0 Å². The number of imidazole rings is 1. The molecule has 0 saturated carbocycles. The molecule has 1 fully saturated rings. The van der Waals surface area contributed by atoms with Gasteiger partial charge in [0.1, 0.15) is 16.9 Å². The van der Waals surface area contributed by atoms with E-state index in [0.717, 1.165) is 39.1 Å². The van der Waals surface area contributed by atoms with E-state index in [9.17, 15) is 8.78 Å². The lowest BCUT2D eigenvalue weighted by atomic mass is 10.1. The molecule has 0 radical (unpaired) electrons. The summed E-state index contributed by atoms with van der Waals surface area (Å²) in [4.78, 5) is 18.5. The van der Waals surface area contributed by atoms with Crippen molar-refractivity contribution in [1.82, 2.24) is 35.0 Å². The molecule has 5 aromatic heterocycles. The Morgan fingerprint density at radius 1 is 1.15 bits per heavy atom. The summed E-state index contributed by atoms with van der Waals surface area (Å²) in [6.07, 6.45) is 8.28. The van der Waals surface area contributed by atoms with Crippen LogP contribution < -0.4 is 0 Å². The average molecular weight is 447 g/mol. The zero-order valence-corrected chi connectivity index (χ0v) is 17.4. The molecule has 6 heterocycles. The van der Waals surface area contributed by atoms with Gasteiger partial charge in [0.2, 0.25) is 0 Å². The van der Waals surface area contributed by atoms with Crippen molar-refractivity contribution < 1.29 is 13.2 Å². The summed E-state index contributed by atoms with van der Waals surface area (Å²) >= 11 is 0. The summed E-state index contributed by atoms with van der Waals surface area (Å²) in [7, 11) is 0. The highest BCUT2D eigenvalue weighted by molar-refractivity contribution is 5.91. The first-order valence-electron chi connectivity index (χ1n) is 10.5. The van der Waals surface area contributed by atoms with Crippen LogP contribution in [-0.4, -0.2) is 54.0 Å². The maximum atomic E-state index is 13.5. The van der Waals surface area contributed by atoms with Crippen molar-refractivity contribution in [3.8, 4) is 34.0 Å². The quantitative estimate of drug-likeness (QED) is 0.411. The molecule has 8 nitrogen and oxygen atoms in total. The lowest BCUT2D eigenvalue weighted by molar-refractivity contribution is 0.0115. The van der Waals surface area contributed by atoms with Crippen LogP contribution in [0, 0.1) is 0 Å². The fourth-order valence-corrected chi connectivity index (χ4v) is 4.18. The number of H-pyrrole nitrogens is 2. The number of nitrogens with one attached hydrogen (secondary N) is 2. The number of fused-ring (bicyclic) bond motifs is 1. The van der Waals surface area contributed by atoms with Gasteiger partial charge in [0.05, 0.1) is 30.3 Å². The first kappa shape index (κ1) is 19.7. The van der Waals surface area contributed by atoms with E-state index in [0.29, 0.717) is 24.6 Å². The van der Waals surface area contributed by atoms with Gasteiger partial charge in [0.15, 0.2) is 5.82 Å². The van der Waals surface area contributed by atoms with Crippen LogP contribution in [0.5, 0.6) is 0 Å². The largest absolute Gasteiger partial charge is 0.472 e. The summed E-state index contributed by atoms with van der Waals surface area (Å²) in [5.74, 6) is -2.00. The number of likely N-dealkylation sites (tertiary alicyclic amines) is 1. The van der Waals surface area contributed by atoms with Gasteiger partial charge in [-0.3, -0.25) is 20.0 Å². The Morgan fingerprint density at radius 3 is 2.91 bits per heavy atom. The molecule has 0 amide bonds. The molecule has 6 rings (SSSR count). The normalized spacial score (nSPS) is 16.1. The number of aromatic amines is 2. The highest BCUT2D eigenvalue weighted by atomic mass is 19.3. The SMILES string of the molecule is FC1(F)CCN(Cc2cncc(-c3cc(-c4nc5c(-c6ccoc6)nccc5[nH]4)n[nH]3)c2)C1. The van der Waals surface area contributed by atoms with Crippen molar-refractivity contribution >= 4 is 11.0 Å². The molecule has 1 aliphatic rings. The van der Waals surface area contributed by atoms with Gasteiger partial charge in [-0.05, 0) is 29.8 Å². The van der Waals surface area contributed by atoms with E-state index >= 15 is 0 Å². The smallest absolute Gasteiger partial charge is 0.261 e. The number of halogens is 2. The van der Waals surface area contributed by atoms with Gasteiger partial charge in [-0.2, -0.15) is 5.10 Å². The van der Waals surface area contributed by atoms with Crippen molar-refractivity contribution in [3.63, 3.8) is 0 Å². The predicted octanol–water partition coefficient (Wildman–Crippen LogP) is 4.51. The summed E-state index contributed by atoms with van der Waals surface area (Å²) in [6.45, 7) is 0.602. The number of hydrogen-bond donors (Lipinski definition) is 2. The van der Waals surface area contributed by atoms with Crippen LogP contribution in [0.3, 0.4) is 0 Å². The molecular weight excluding hydrogens is 428 g/mol. The Morgan fingerprint density at radius 2 is 2.09 bits per heavy atom. The Hall–Kier alpha value is -3.92. The van der Waals surface area contributed by atoms with Gasteiger partial charge in [-0.25, -0.2) is 13.8 Å². The highest BCUT2D eigenvalue weighted by Gasteiger charge is 2.37. The summed E-state index contributed by atoms with van der Waals surface area (Å²) < 4.78 is 32.2. The van der Waals surface area contributed by atoms with E-state index in [1.807, 2.05) is 24.3 Å². The molecule has 10 heteroatoms. The molecule has 1 saturated heterocycles. The Labute approximate surface area is 186 Å². The van der Waals surface area contributed by atoms with Gasteiger partial charge < -0.3 is 9.40 Å². The second-order valence-electron chi connectivity index (χ2n) is 8.22. The summed E-state index contributed by atoms with van der Waals surface area (Å²) in [6, 6.07) is 7.53. The third kappa shape index (κ3) is 3.78. The Balaban J connectivity index is 1.28. The third-order valence-electron chi connectivity index (χ3n) is 5.78. The standard InChI is InChI=1S/C23H19F2N7O/c24-23(25)3-5-32(13-23)11-14-7-16(10-26-9-14)18-8-19(31-30-18)22-28-17-1-4-27-20(21(17)29-22)15-2-6-33-12-15/h1-2,4,6-10,12H,3,5,11,13H2,(H,28,29)(H,30,31). The van der Waals surface area contributed by atoms with Crippen LogP contribution in [0.15, 0.2) is 59.8 Å². The van der Waals surface area contributed by atoms with Crippen molar-refractivity contribution in [2.75, 3.05) is 13.1 Å². The molecular formula is C23H19F2N7O. The fourth-order valence-electron chi connectivity index (χ4n) is 4.18. The van der Waals surface area contributed by atoms with Gasteiger partial charge in [0, 0.05) is 49.2 Å². The maximum absolute atomic E-state index is 13.5. The molecule has 0 aromatic carbocycles. The summed E-state index contributed by atoms with van der Waals surface area (Å²) in [5.41, 5.74) is 6.25. The van der Waals surface area contributed by atoms with E-state index in [2.05, 4.69) is 25.1 Å². The second kappa shape index (κ2) is 7.59. The van der Waals surface area contributed by atoms with Crippen molar-refractivity contribution in [2.24, 2.45) is 0 Å². The molecule has 0 spiro atoms. The van der Waals surface area contributed by atoms with Gasteiger partial charge in [0.25, 0.3) is 5.92 Å². The van der Waals surface area contributed by atoms with E-state index in [-0.39, 0.29) is 13.0 Å². The lowest BCUT2D eigenvalue weighted by Crippen LogP contribution is -2.24. The van der Waals surface area contributed by atoms with Crippen LogP contribution in [0.2, 0.25) is 0 Å². The first-order chi connectivity index (χ1) is 16.0. The average Bonchev–Trinajstić information content (AvgIpc) is 3.59. The lowest BCUT2D eigenvalue weighted by Gasteiger charge is -2.15. The molecule has 1 aliphatic heterocycles. The molecule has 0 unspecified atom stereocenters. The number of hydrogen-bond acceptors (Lipinski definition) is 6. The molecule has 166 valence electrons. The zero-order valence-electron chi connectivity index (χ0n) is 17.4. The van der Waals surface area contributed by atoms with Crippen molar-refractivity contribution in [1.29, 1.82) is 0 Å². The van der Waals surface area contributed by atoms with E-state index in [1.54, 1.807) is 36.0 Å². The van der Waals surface area contributed by atoms with Crippen molar-refractivity contribution in [3.05, 3.63) is 60.9 Å². The third-order valence-corrected chi connectivity index (χ3v) is 5.78. The number of furan rings is 1.